The van der Waals surface area contributed by atoms with Crippen LogP contribution in [0.3, 0.4) is 0 Å². The minimum absolute atomic E-state index is 0.226. The summed E-state index contributed by atoms with van der Waals surface area (Å²) in [7, 11) is -3.85. The zero-order valence-corrected chi connectivity index (χ0v) is 8.53. The van der Waals surface area contributed by atoms with Gasteiger partial charge in [0.25, 0.3) is 0 Å². The van der Waals surface area contributed by atoms with Gasteiger partial charge in [0.15, 0.2) is 7.60 Å². The Morgan fingerprint density at radius 1 is 1.31 bits per heavy atom. The highest BCUT2D eigenvalue weighted by Crippen LogP contribution is 2.36. The van der Waals surface area contributed by atoms with Crippen molar-refractivity contribution in [3.8, 4) is 0 Å². The van der Waals surface area contributed by atoms with Crippen LogP contribution in [-0.2, 0) is 9.09 Å². The van der Waals surface area contributed by atoms with E-state index in [-0.39, 0.29) is 11.4 Å². The van der Waals surface area contributed by atoms with E-state index in [2.05, 4.69) is 0 Å². The van der Waals surface area contributed by atoms with Gasteiger partial charge in [-0.25, -0.2) is 0 Å². The molecule has 0 heterocycles. The van der Waals surface area contributed by atoms with Crippen LogP contribution in [-0.4, -0.2) is 6.10 Å². The van der Waals surface area contributed by atoms with Gasteiger partial charge in [-0.2, -0.15) is 0 Å². The maximum atomic E-state index is 11.4. The van der Waals surface area contributed by atoms with Gasteiger partial charge in [0.05, 0.1) is 6.10 Å². The lowest BCUT2D eigenvalue weighted by atomic mass is 10.4. The van der Waals surface area contributed by atoms with E-state index < -0.39 is 7.60 Å². The summed E-state index contributed by atoms with van der Waals surface area (Å²) >= 11 is 0. The second kappa shape index (κ2) is 4.05. The molecule has 72 valence electrons. The van der Waals surface area contributed by atoms with E-state index in [4.69, 9.17) is 4.52 Å². The van der Waals surface area contributed by atoms with E-state index in [1.165, 1.54) is 12.1 Å². The van der Waals surface area contributed by atoms with Crippen LogP contribution >= 0.6 is 7.60 Å². The third kappa shape index (κ3) is 2.96. The molecule has 0 amide bonds. The Bertz CT molecular complexity index is 308. The van der Waals surface area contributed by atoms with Crippen LogP contribution in [0.1, 0.15) is 13.8 Å². The van der Waals surface area contributed by atoms with E-state index in [9.17, 15) is 9.46 Å². The summed E-state index contributed by atoms with van der Waals surface area (Å²) in [5.74, 6) is 0. The van der Waals surface area contributed by atoms with E-state index in [0.717, 1.165) is 0 Å². The molecule has 0 aliphatic heterocycles. The van der Waals surface area contributed by atoms with E-state index in [1.54, 1.807) is 32.0 Å². The highest BCUT2D eigenvalue weighted by Gasteiger charge is 2.12. The average Bonchev–Trinajstić information content (AvgIpc) is 2.04. The molecule has 0 bridgehead atoms. The summed E-state index contributed by atoms with van der Waals surface area (Å²) < 4.78 is 16.3. The summed E-state index contributed by atoms with van der Waals surface area (Å²) in [6.45, 7) is 3.38. The zero-order valence-electron chi connectivity index (χ0n) is 7.64. The summed E-state index contributed by atoms with van der Waals surface area (Å²) in [5.41, 5.74) is 0. The van der Waals surface area contributed by atoms with Crippen molar-refractivity contribution in [1.82, 2.24) is 0 Å². The number of rotatable bonds is 3. The van der Waals surface area contributed by atoms with E-state index >= 15 is 0 Å². The highest BCUT2D eigenvalue weighted by atomic mass is 31.2. The molecule has 1 aromatic rings. The highest BCUT2D eigenvalue weighted by molar-refractivity contribution is 7.59. The van der Waals surface area contributed by atoms with Crippen LogP contribution in [0, 0.1) is 0 Å². The van der Waals surface area contributed by atoms with Crippen molar-refractivity contribution in [3.05, 3.63) is 30.3 Å². The second-order valence-corrected chi connectivity index (χ2v) is 4.71. The van der Waals surface area contributed by atoms with Crippen LogP contribution in [0.4, 0.5) is 0 Å². The molecule has 0 aliphatic rings. The summed E-state index contributed by atoms with van der Waals surface area (Å²) in [6.07, 6.45) is -0.316. The van der Waals surface area contributed by atoms with Crippen LogP contribution in [0.15, 0.2) is 30.3 Å². The first-order valence-electron chi connectivity index (χ1n) is 4.07. The van der Waals surface area contributed by atoms with Gasteiger partial charge in [-0.1, -0.05) is 30.3 Å². The normalized spacial score (nSPS) is 15.7. The molecule has 3 nitrogen and oxygen atoms in total. The molecular weight excluding hydrogens is 187 g/mol. The van der Waals surface area contributed by atoms with Gasteiger partial charge < -0.3 is 14.0 Å². The Labute approximate surface area is 77.9 Å². The molecule has 0 spiro atoms. The molecule has 0 radical (unpaired) electrons. The lowest BCUT2D eigenvalue weighted by Gasteiger charge is -2.25. The molecule has 0 aliphatic carbocycles. The Hall–Kier alpha value is -0.630. The van der Waals surface area contributed by atoms with Crippen molar-refractivity contribution in [1.29, 1.82) is 0 Å². The molecule has 1 unspecified atom stereocenters. The van der Waals surface area contributed by atoms with Crippen molar-refractivity contribution >= 4 is 12.9 Å². The van der Waals surface area contributed by atoms with E-state index in [1.807, 2.05) is 0 Å². The van der Waals surface area contributed by atoms with Crippen molar-refractivity contribution in [2.45, 2.75) is 20.0 Å². The van der Waals surface area contributed by atoms with Crippen LogP contribution in [0.2, 0.25) is 0 Å². The summed E-state index contributed by atoms with van der Waals surface area (Å²) in [6, 6.07) is 8.15. The van der Waals surface area contributed by atoms with Gasteiger partial charge in [0.2, 0.25) is 0 Å². The minimum atomic E-state index is -3.85. The predicted molar refractivity (Wildman–Crippen MR) is 49.9 cm³/mol. The fraction of sp³-hybridized carbons (Fsp3) is 0.333. The average molecular weight is 199 g/mol. The fourth-order valence-corrected chi connectivity index (χ4v) is 2.16. The minimum Gasteiger partial charge on any atom is -0.775 e. The fourth-order valence-electron chi connectivity index (χ4n) is 0.949. The standard InChI is InChI=1S/C9H13O3P/c1-8(2)12-13(10,11)9-6-4-3-5-7-9/h3-8H,1-2H3,(H,10,11)/p-1. The molecule has 0 fully saturated rings. The Morgan fingerprint density at radius 3 is 2.31 bits per heavy atom. The van der Waals surface area contributed by atoms with Gasteiger partial charge in [-0.15, -0.1) is 0 Å². The SMILES string of the molecule is CC(C)OP(=O)([O-])c1ccccc1. The zero-order chi connectivity index (χ0) is 9.90. The summed E-state index contributed by atoms with van der Waals surface area (Å²) in [4.78, 5) is 11.4. The first kappa shape index (κ1) is 10.5. The van der Waals surface area contributed by atoms with Gasteiger partial charge in [0, 0.05) is 5.30 Å². The van der Waals surface area contributed by atoms with Gasteiger partial charge in [0.1, 0.15) is 0 Å². The van der Waals surface area contributed by atoms with E-state index in [0.29, 0.717) is 0 Å². The maximum absolute atomic E-state index is 11.4. The van der Waals surface area contributed by atoms with Crippen molar-refractivity contribution in [2.75, 3.05) is 0 Å². The molecule has 4 heteroatoms. The third-order valence-corrected chi connectivity index (χ3v) is 3.05. The Kier molecular flexibility index (Phi) is 3.26. The van der Waals surface area contributed by atoms with Gasteiger partial charge in [-0.3, -0.25) is 0 Å². The van der Waals surface area contributed by atoms with Crippen molar-refractivity contribution in [3.63, 3.8) is 0 Å². The topological polar surface area (TPSA) is 49.4 Å². The first-order valence-corrected chi connectivity index (χ1v) is 5.62. The van der Waals surface area contributed by atoms with Crippen LogP contribution in [0.25, 0.3) is 0 Å². The van der Waals surface area contributed by atoms with Crippen molar-refractivity contribution < 1.29 is 14.0 Å². The monoisotopic (exact) mass is 199 g/mol. The predicted octanol–water partition coefficient (Wildman–Crippen LogP) is 1.29. The Balaban J connectivity index is 2.88. The maximum Gasteiger partial charge on any atom is 0.165 e. The van der Waals surface area contributed by atoms with Crippen LogP contribution < -0.4 is 10.2 Å². The largest absolute Gasteiger partial charge is 0.775 e. The lowest BCUT2D eigenvalue weighted by molar-refractivity contribution is -0.196. The molecule has 1 rings (SSSR count). The number of hydrogen-bond acceptors (Lipinski definition) is 3. The molecule has 0 saturated heterocycles. The molecule has 0 saturated carbocycles. The van der Waals surface area contributed by atoms with Gasteiger partial charge in [-0.05, 0) is 13.8 Å². The van der Waals surface area contributed by atoms with Gasteiger partial charge >= 0.3 is 0 Å². The second-order valence-electron chi connectivity index (χ2n) is 2.99. The third-order valence-electron chi connectivity index (χ3n) is 1.42. The van der Waals surface area contributed by atoms with Crippen molar-refractivity contribution in [2.24, 2.45) is 0 Å². The molecule has 1 aromatic carbocycles. The number of hydrogen-bond donors (Lipinski definition) is 0. The number of benzene rings is 1. The molecule has 0 N–H and O–H groups in total. The quantitative estimate of drug-likeness (QED) is 0.689. The Morgan fingerprint density at radius 2 is 1.85 bits per heavy atom. The molecule has 1 atom stereocenters. The summed E-state index contributed by atoms with van der Waals surface area (Å²) in [5, 5.41) is 0.226. The van der Waals surface area contributed by atoms with Crippen LogP contribution in [0.5, 0.6) is 0 Å². The smallest absolute Gasteiger partial charge is 0.165 e. The molecule has 13 heavy (non-hydrogen) atoms. The molecule has 0 aromatic heterocycles. The molecular formula is C9H12O3P-. The first-order chi connectivity index (χ1) is 6.02. The lowest BCUT2D eigenvalue weighted by Crippen LogP contribution is -2.19.